The van der Waals surface area contributed by atoms with E-state index in [-0.39, 0.29) is 5.56 Å². The summed E-state index contributed by atoms with van der Waals surface area (Å²) in [4.78, 5) is 0. The Morgan fingerprint density at radius 3 is 2.35 bits per heavy atom. The van der Waals surface area contributed by atoms with E-state index in [1.165, 1.54) is 18.2 Å². The molecule has 0 aliphatic rings. The van der Waals surface area contributed by atoms with E-state index in [2.05, 4.69) is 19.3 Å². The molecule has 4 heteroatoms. The van der Waals surface area contributed by atoms with E-state index in [9.17, 15) is 8.78 Å². The van der Waals surface area contributed by atoms with E-state index in [1.807, 2.05) is 0 Å². The Balaban J connectivity index is 2.86. The third kappa shape index (κ3) is 3.75. The molecule has 0 saturated heterocycles. The summed E-state index contributed by atoms with van der Waals surface area (Å²) in [6.07, 6.45) is 2.70. The van der Waals surface area contributed by atoms with Crippen LogP contribution in [-0.4, -0.2) is 0 Å². The van der Waals surface area contributed by atoms with E-state index in [1.54, 1.807) is 0 Å². The Kier molecular flexibility index (Phi) is 5.51. The minimum Gasteiger partial charge on any atom is -0.271 e. The second-order valence-electron chi connectivity index (χ2n) is 4.48. The van der Waals surface area contributed by atoms with Crippen LogP contribution in [0.2, 0.25) is 0 Å². The number of hydrogen-bond acceptors (Lipinski definition) is 2. The molecule has 17 heavy (non-hydrogen) atoms. The lowest BCUT2D eigenvalue weighted by atomic mass is 9.93. The molecule has 2 atom stereocenters. The first-order valence-electron chi connectivity index (χ1n) is 6.00. The van der Waals surface area contributed by atoms with E-state index in [0.717, 1.165) is 12.8 Å². The highest BCUT2D eigenvalue weighted by molar-refractivity contribution is 5.23. The zero-order valence-corrected chi connectivity index (χ0v) is 10.3. The van der Waals surface area contributed by atoms with Crippen LogP contribution in [-0.2, 0) is 0 Å². The van der Waals surface area contributed by atoms with Crippen LogP contribution in [0.4, 0.5) is 8.78 Å². The number of hydrazine groups is 1. The molecule has 0 saturated carbocycles. The summed E-state index contributed by atoms with van der Waals surface area (Å²) in [6, 6.07) is 3.40. The van der Waals surface area contributed by atoms with Gasteiger partial charge in [0.2, 0.25) is 0 Å². The van der Waals surface area contributed by atoms with Gasteiger partial charge in [0.05, 0.1) is 6.04 Å². The second-order valence-corrected chi connectivity index (χ2v) is 4.48. The molecule has 1 aromatic carbocycles. The van der Waals surface area contributed by atoms with Gasteiger partial charge in [0.1, 0.15) is 11.6 Å². The maximum atomic E-state index is 13.6. The summed E-state index contributed by atoms with van der Waals surface area (Å²) in [6.45, 7) is 4.15. The quantitative estimate of drug-likeness (QED) is 0.593. The molecule has 3 N–H and O–H groups in total. The minimum absolute atomic E-state index is 0.0398. The summed E-state index contributed by atoms with van der Waals surface area (Å²) >= 11 is 0. The van der Waals surface area contributed by atoms with Crippen molar-refractivity contribution in [1.29, 1.82) is 0 Å². The number of halogens is 2. The number of hydrogen-bond donors (Lipinski definition) is 2. The van der Waals surface area contributed by atoms with Crippen LogP contribution in [0.25, 0.3) is 0 Å². The highest BCUT2D eigenvalue weighted by Gasteiger charge is 2.20. The lowest BCUT2D eigenvalue weighted by Gasteiger charge is -2.21. The maximum Gasteiger partial charge on any atom is 0.130 e. The van der Waals surface area contributed by atoms with Crippen molar-refractivity contribution in [3.05, 3.63) is 35.4 Å². The number of nitrogens with one attached hydrogen (secondary N) is 1. The van der Waals surface area contributed by atoms with Crippen LogP contribution >= 0.6 is 0 Å². The molecule has 0 fully saturated rings. The van der Waals surface area contributed by atoms with Gasteiger partial charge in [-0.2, -0.15) is 0 Å². The van der Waals surface area contributed by atoms with Crippen LogP contribution in [0.1, 0.15) is 44.7 Å². The van der Waals surface area contributed by atoms with Crippen molar-refractivity contribution in [3.63, 3.8) is 0 Å². The molecule has 0 aliphatic heterocycles. The third-order valence-electron chi connectivity index (χ3n) is 2.97. The smallest absolute Gasteiger partial charge is 0.130 e. The van der Waals surface area contributed by atoms with Gasteiger partial charge in [0.15, 0.2) is 0 Å². The molecule has 0 aliphatic carbocycles. The van der Waals surface area contributed by atoms with Gasteiger partial charge in [-0.15, -0.1) is 0 Å². The van der Waals surface area contributed by atoms with Gasteiger partial charge in [-0.1, -0.05) is 32.8 Å². The van der Waals surface area contributed by atoms with Crippen molar-refractivity contribution < 1.29 is 8.78 Å². The molecular weight excluding hydrogens is 222 g/mol. The summed E-state index contributed by atoms with van der Waals surface area (Å²) < 4.78 is 27.2. The van der Waals surface area contributed by atoms with Gasteiger partial charge in [-0.25, -0.2) is 8.78 Å². The van der Waals surface area contributed by atoms with E-state index < -0.39 is 17.7 Å². The van der Waals surface area contributed by atoms with Gasteiger partial charge in [-0.3, -0.25) is 11.3 Å². The van der Waals surface area contributed by atoms with E-state index in [4.69, 9.17) is 5.84 Å². The van der Waals surface area contributed by atoms with Crippen molar-refractivity contribution in [2.24, 2.45) is 11.8 Å². The van der Waals surface area contributed by atoms with Crippen LogP contribution in [0.3, 0.4) is 0 Å². The lowest BCUT2D eigenvalue weighted by molar-refractivity contribution is 0.374. The zero-order chi connectivity index (χ0) is 12.8. The fraction of sp³-hybridized carbons (Fsp3) is 0.538. The molecule has 0 aromatic heterocycles. The fourth-order valence-corrected chi connectivity index (χ4v) is 2.13. The van der Waals surface area contributed by atoms with Gasteiger partial charge in [0, 0.05) is 5.56 Å². The monoisotopic (exact) mass is 242 g/mol. The molecule has 2 nitrogen and oxygen atoms in total. The Bertz CT molecular complexity index is 335. The normalized spacial score (nSPS) is 14.6. The Hall–Kier alpha value is -1.00. The average molecular weight is 242 g/mol. The molecule has 0 heterocycles. The molecule has 1 aromatic rings. The first-order chi connectivity index (χ1) is 8.10. The standard InChI is InChI=1S/C13H20F2N2/c1-3-5-9(2)8-12(17-16)13-10(14)6-4-7-11(13)15/h4,6-7,9,12,17H,3,5,8,16H2,1-2H3. The SMILES string of the molecule is CCCC(C)CC(NN)c1c(F)cccc1F. The number of benzene rings is 1. The Labute approximate surface area is 101 Å². The first-order valence-corrected chi connectivity index (χ1v) is 6.00. The fourth-order valence-electron chi connectivity index (χ4n) is 2.13. The molecular formula is C13H20F2N2. The third-order valence-corrected chi connectivity index (χ3v) is 2.97. The van der Waals surface area contributed by atoms with E-state index >= 15 is 0 Å². The summed E-state index contributed by atoms with van der Waals surface area (Å²) in [5.41, 5.74) is 2.55. The van der Waals surface area contributed by atoms with Gasteiger partial charge >= 0.3 is 0 Å². The Morgan fingerprint density at radius 1 is 1.29 bits per heavy atom. The lowest BCUT2D eigenvalue weighted by Crippen LogP contribution is -2.30. The molecule has 0 bridgehead atoms. The Morgan fingerprint density at radius 2 is 1.88 bits per heavy atom. The molecule has 0 spiro atoms. The summed E-state index contributed by atoms with van der Waals surface area (Å²) in [5.74, 6) is 4.69. The maximum absolute atomic E-state index is 13.6. The molecule has 2 unspecified atom stereocenters. The van der Waals surface area contributed by atoms with E-state index in [0.29, 0.717) is 12.3 Å². The van der Waals surface area contributed by atoms with Crippen molar-refractivity contribution in [2.45, 2.75) is 39.2 Å². The van der Waals surface area contributed by atoms with Gasteiger partial charge in [0.25, 0.3) is 0 Å². The van der Waals surface area contributed by atoms with Crippen LogP contribution in [0.5, 0.6) is 0 Å². The van der Waals surface area contributed by atoms with Crippen molar-refractivity contribution in [3.8, 4) is 0 Å². The van der Waals surface area contributed by atoms with Crippen molar-refractivity contribution >= 4 is 0 Å². The predicted molar refractivity (Wildman–Crippen MR) is 65.1 cm³/mol. The van der Waals surface area contributed by atoms with Gasteiger partial charge in [-0.05, 0) is 24.5 Å². The van der Waals surface area contributed by atoms with Crippen LogP contribution in [0, 0.1) is 17.6 Å². The highest BCUT2D eigenvalue weighted by Crippen LogP contribution is 2.27. The van der Waals surface area contributed by atoms with Crippen LogP contribution < -0.4 is 11.3 Å². The first kappa shape index (κ1) is 14.1. The molecule has 0 radical (unpaired) electrons. The highest BCUT2D eigenvalue weighted by atomic mass is 19.1. The number of nitrogens with two attached hydrogens (primary N) is 1. The summed E-state index contributed by atoms with van der Waals surface area (Å²) in [7, 11) is 0. The largest absolute Gasteiger partial charge is 0.271 e. The number of rotatable bonds is 6. The zero-order valence-electron chi connectivity index (χ0n) is 10.3. The molecule has 1 rings (SSSR count). The predicted octanol–water partition coefficient (Wildman–Crippen LogP) is 3.30. The second kappa shape index (κ2) is 6.67. The van der Waals surface area contributed by atoms with Crippen LogP contribution in [0.15, 0.2) is 18.2 Å². The molecule has 96 valence electrons. The van der Waals surface area contributed by atoms with Crippen molar-refractivity contribution in [2.75, 3.05) is 0 Å². The van der Waals surface area contributed by atoms with Crippen molar-refractivity contribution in [1.82, 2.24) is 5.43 Å². The topological polar surface area (TPSA) is 38.0 Å². The average Bonchev–Trinajstić information content (AvgIpc) is 2.27. The summed E-state index contributed by atoms with van der Waals surface area (Å²) in [5, 5.41) is 0. The minimum atomic E-state index is -0.545. The van der Waals surface area contributed by atoms with Gasteiger partial charge < -0.3 is 0 Å². The molecule has 0 amide bonds.